The number of nitrogens with zero attached hydrogens (tertiary/aromatic N) is 2. The zero-order chi connectivity index (χ0) is 26.6. The highest BCUT2D eigenvalue weighted by Gasteiger charge is 2.33. The number of hydrogen-bond acceptors (Lipinski definition) is 4. The fourth-order valence-corrected chi connectivity index (χ4v) is 4.89. The fraction of sp³-hybridized carbons (Fsp3) is 0.462. The number of benzene rings is 2. The molecule has 0 saturated carbocycles. The number of nitrogens with one attached hydrogen (secondary N) is 1. The average molecular weight is 522 g/mol. The molecule has 9 heteroatoms. The Morgan fingerprint density at radius 1 is 1.06 bits per heavy atom. The van der Waals surface area contributed by atoms with Crippen molar-refractivity contribution in [2.45, 2.75) is 66.1 Å². The van der Waals surface area contributed by atoms with Gasteiger partial charge in [0, 0.05) is 17.1 Å². The van der Waals surface area contributed by atoms with E-state index >= 15 is 0 Å². The van der Waals surface area contributed by atoms with Crippen LogP contribution < -0.4 is 9.62 Å². The first kappa shape index (κ1) is 28.7. The number of amides is 2. The molecule has 0 fully saturated rings. The molecule has 2 aromatic rings. The van der Waals surface area contributed by atoms with Crippen molar-refractivity contribution >= 4 is 39.1 Å². The summed E-state index contributed by atoms with van der Waals surface area (Å²) in [5, 5.41) is 3.42. The Kier molecular flexibility index (Phi) is 9.36. The van der Waals surface area contributed by atoms with Gasteiger partial charge in [0.05, 0.1) is 11.9 Å². The standard InChI is InChI=1S/C26H36ClN3O4S/c1-8-22(25(32)28-26(4,5)6)29(16-20-11-9-18(2)10-12-20)24(31)17-30(35(7,33)34)23-14-13-21(27)15-19(23)3/h9-15,22H,8,16-17H2,1-7H3,(H,28,32)/t22-/m0/s1. The summed E-state index contributed by atoms with van der Waals surface area (Å²) in [6.07, 6.45) is 1.43. The van der Waals surface area contributed by atoms with E-state index in [0.29, 0.717) is 22.7 Å². The van der Waals surface area contributed by atoms with Gasteiger partial charge in [-0.05, 0) is 70.4 Å². The molecule has 0 bridgehead atoms. The molecule has 0 heterocycles. The molecule has 0 aromatic heterocycles. The summed E-state index contributed by atoms with van der Waals surface area (Å²) in [6.45, 7) is 10.9. The van der Waals surface area contributed by atoms with Gasteiger partial charge in [0.15, 0.2) is 0 Å². The molecule has 7 nitrogen and oxygen atoms in total. The van der Waals surface area contributed by atoms with Crippen LogP contribution in [0.25, 0.3) is 0 Å². The molecule has 0 aliphatic heterocycles. The summed E-state index contributed by atoms with van der Waals surface area (Å²) >= 11 is 6.05. The lowest BCUT2D eigenvalue weighted by Gasteiger charge is -2.34. The van der Waals surface area contributed by atoms with Crippen LogP contribution in [0.3, 0.4) is 0 Å². The smallest absolute Gasteiger partial charge is 0.244 e. The second-order valence-electron chi connectivity index (χ2n) is 9.87. The lowest BCUT2D eigenvalue weighted by molar-refractivity contribution is -0.141. The van der Waals surface area contributed by atoms with Crippen LogP contribution in [0.5, 0.6) is 0 Å². The van der Waals surface area contributed by atoms with E-state index in [1.165, 1.54) is 4.90 Å². The minimum atomic E-state index is -3.80. The summed E-state index contributed by atoms with van der Waals surface area (Å²) in [4.78, 5) is 28.3. The normalized spacial score (nSPS) is 12.7. The Morgan fingerprint density at radius 2 is 1.66 bits per heavy atom. The van der Waals surface area contributed by atoms with Gasteiger partial charge in [0.25, 0.3) is 0 Å². The Morgan fingerprint density at radius 3 is 2.14 bits per heavy atom. The molecule has 2 rings (SSSR count). The topological polar surface area (TPSA) is 86.8 Å². The van der Waals surface area contributed by atoms with Crippen LogP contribution in [0.1, 0.15) is 50.8 Å². The monoisotopic (exact) mass is 521 g/mol. The van der Waals surface area contributed by atoms with Crippen LogP contribution in [-0.2, 0) is 26.2 Å². The molecule has 2 aromatic carbocycles. The molecular formula is C26H36ClN3O4S. The number of sulfonamides is 1. The number of halogens is 1. The van der Waals surface area contributed by atoms with Gasteiger partial charge < -0.3 is 10.2 Å². The number of aryl methyl sites for hydroxylation is 2. The molecule has 0 unspecified atom stereocenters. The second-order valence-corrected chi connectivity index (χ2v) is 12.2. The molecule has 0 aliphatic rings. The highest BCUT2D eigenvalue weighted by molar-refractivity contribution is 7.92. The predicted octanol–water partition coefficient (Wildman–Crippen LogP) is 4.44. The van der Waals surface area contributed by atoms with Crippen molar-refractivity contribution in [1.82, 2.24) is 10.2 Å². The largest absolute Gasteiger partial charge is 0.350 e. The van der Waals surface area contributed by atoms with Crippen molar-refractivity contribution in [2.75, 3.05) is 17.1 Å². The van der Waals surface area contributed by atoms with E-state index in [9.17, 15) is 18.0 Å². The van der Waals surface area contributed by atoms with Crippen LogP contribution in [0.4, 0.5) is 5.69 Å². The molecule has 0 radical (unpaired) electrons. The van der Waals surface area contributed by atoms with Crippen molar-refractivity contribution in [3.8, 4) is 0 Å². The van der Waals surface area contributed by atoms with Gasteiger partial charge in [-0.15, -0.1) is 0 Å². The lowest BCUT2D eigenvalue weighted by atomic mass is 10.1. The van der Waals surface area contributed by atoms with E-state index < -0.39 is 34.1 Å². The third-order valence-corrected chi connectivity index (χ3v) is 6.83. The van der Waals surface area contributed by atoms with Gasteiger partial charge in [-0.2, -0.15) is 0 Å². The summed E-state index contributed by atoms with van der Waals surface area (Å²) in [7, 11) is -3.80. The van der Waals surface area contributed by atoms with E-state index in [0.717, 1.165) is 21.7 Å². The van der Waals surface area contributed by atoms with E-state index in [-0.39, 0.29) is 12.5 Å². The molecule has 192 valence electrons. The van der Waals surface area contributed by atoms with Gasteiger partial charge in [-0.1, -0.05) is 48.4 Å². The Hall–Kier alpha value is -2.58. The van der Waals surface area contributed by atoms with Gasteiger partial charge >= 0.3 is 0 Å². The zero-order valence-electron chi connectivity index (χ0n) is 21.6. The number of rotatable bonds is 9. The van der Waals surface area contributed by atoms with Crippen LogP contribution in [0.2, 0.25) is 5.02 Å². The first-order valence-electron chi connectivity index (χ1n) is 11.5. The van der Waals surface area contributed by atoms with E-state index in [2.05, 4.69) is 5.32 Å². The SMILES string of the molecule is CC[C@@H](C(=O)NC(C)(C)C)N(Cc1ccc(C)cc1)C(=O)CN(c1ccc(Cl)cc1C)S(C)(=O)=O. The summed E-state index contributed by atoms with van der Waals surface area (Å²) in [6, 6.07) is 11.7. The van der Waals surface area contributed by atoms with Crippen molar-refractivity contribution in [3.05, 3.63) is 64.2 Å². The Labute approximate surface area is 214 Å². The second kappa shape index (κ2) is 11.4. The minimum Gasteiger partial charge on any atom is -0.350 e. The Balaban J connectivity index is 2.48. The van der Waals surface area contributed by atoms with Crippen molar-refractivity contribution in [3.63, 3.8) is 0 Å². The molecule has 0 spiro atoms. The van der Waals surface area contributed by atoms with Crippen LogP contribution in [-0.4, -0.2) is 49.5 Å². The first-order valence-corrected chi connectivity index (χ1v) is 13.8. The van der Waals surface area contributed by atoms with Crippen molar-refractivity contribution in [1.29, 1.82) is 0 Å². The van der Waals surface area contributed by atoms with Gasteiger partial charge in [0.2, 0.25) is 21.8 Å². The summed E-state index contributed by atoms with van der Waals surface area (Å²) in [5.74, 6) is -0.754. The number of carbonyl (C=O) groups excluding carboxylic acids is 2. The van der Waals surface area contributed by atoms with E-state index in [1.54, 1.807) is 25.1 Å². The third kappa shape index (κ3) is 8.25. The van der Waals surface area contributed by atoms with Crippen LogP contribution >= 0.6 is 11.6 Å². The zero-order valence-corrected chi connectivity index (χ0v) is 23.1. The van der Waals surface area contributed by atoms with Crippen LogP contribution in [0, 0.1) is 13.8 Å². The lowest BCUT2D eigenvalue weighted by Crippen LogP contribution is -2.55. The number of anilines is 1. The summed E-state index contributed by atoms with van der Waals surface area (Å²) in [5.41, 5.74) is 2.43. The van der Waals surface area contributed by atoms with Crippen molar-refractivity contribution in [2.24, 2.45) is 0 Å². The first-order chi connectivity index (χ1) is 16.1. The molecule has 35 heavy (non-hydrogen) atoms. The summed E-state index contributed by atoms with van der Waals surface area (Å²) < 4.78 is 26.5. The van der Waals surface area contributed by atoms with Gasteiger partial charge in [-0.3, -0.25) is 13.9 Å². The maximum Gasteiger partial charge on any atom is 0.244 e. The number of carbonyl (C=O) groups is 2. The third-order valence-electron chi connectivity index (χ3n) is 5.46. The van der Waals surface area contributed by atoms with Crippen molar-refractivity contribution < 1.29 is 18.0 Å². The molecule has 2 amide bonds. The molecule has 1 N–H and O–H groups in total. The molecular weight excluding hydrogens is 486 g/mol. The predicted molar refractivity (Wildman–Crippen MR) is 142 cm³/mol. The van der Waals surface area contributed by atoms with E-state index in [4.69, 9.17) is 11.6 Å². The Bertz CT molecular complexity index is 1160. The molecule has 0 aliphatic carbocycles. The van der Waals surface area contributed by atoms with Gasteiger partial charge in [0.1, 0.15) is 12.6 Å². The minimum absolute atomic E-state index is 0.173. The molecule has 1 atom stereocenters. The highest BCUT2D eigenvalue weighted by atomic mass is 35.5. The van der Waals surface area contributed by atoms with Crippen LogP contribution in [0.15, 0.2) is 42.5 Å². The quantitative estimate of drug-likeness (QED) is 0.528. The number of hydrogen-bond donors (Lipinski definition) is 1. The van der Waals surface area contributed by atoms with E-state index in [1.807, 2.05) is 58.9 Å². The molecule has 0 saturated heterocycles. The fourth-order valence-electron chi connectivity index (χ4n) is 3.76. The average Bonchev–Trinajstić information content (AvgIpc) is 2.71. The van der Waals surface area contributed by atoms with Gasteiger partial charge in [-0.25, -0.2) is 8.42 Å². The maximum atomic E-state index is 13.7. The maximum absolute atomic E-state index is 13.7. The highest BCUT2D eigenvalue weighted by Crippen LogP contribution is 2.26.